The summed E-state index contributed by atoms with van der Waals surface area (Å²) in [4.78, 5) is 16.2. The van der Waals surface area contributed by atoms with E-state index in [9.17, 15) is 22.7 Å². The maximum Gasteiger partial charge on any atom is 0.327 e. The van der Waals surface area contributed by atoms with E-state index in [0.717, 1.165) is 4.31 Å². The average Bonchev–Trinajstić information content (AvgIpc) is 3.44. The second-order valence-electron chi connectivity index (χ2n) is 8.28. The van der Waals surface area contributed by atoms with Crippen LogP contribution >= 0.6 is 0 Å². The van der Waals surface area contributed by atoms with Gasteiger partial charge in [0.25, 0.3) is 10.0 Å². The van der Waals surface area contributed by atoms with Gasteiger partial charge in [-0.25, -0.2) is 22.6 Å². The molecule has 8 nitrogen and oxygen atoms in total. The first kappa shape index (κ1) is 23.6. The van der Waals surface area contributed by atoms with Gasteiger partial charge in [-0.05, 0) is 67.1 Å². The molecule has 1 aromatic heterocycles. The zero-order valence-corrected chi connectivity index (χ0v) is 19.9. The molecule has 0 aliphatic carbocycles. The molecule has 0 bridgehead atoms. The Kier molecular flexibility index (Phi) is 5.97. The minimum atomic E-state index is -4.12. The Morgan fingerprint density at radius 2 is 1.81 bits per heavy atom. The van der Waals surface area contributed by atoms with Crippen LogP contribution < -0.4 is 9.04 Å². The van der Waals surface area contributed by atoms with Gasteiger partial charge >= 0.3 is 5.97 Å². The number of carbonyl (C=O) groups is 1. The van der Waals surface area contributed by atoms with Gasteiger partial charge in [-0.15, -0.1) is 0 Å². The first-order valence-corrected chi connectivity index (χ1v) is 12.5. The highest BCUT2D eigenvalue weighted by Crippen LogP contribution is 2.37. The number of hydrogen-bond acceptors (Lipinski definition) is 6. The summed E-state index contributed by atoms with van der Waals surface area (Å²) in [7, 11) is -4.12. The van der Waals surface area contributed by atoms with Crippen molar-refractivity contribution in [3.63, 3.8) is 0 Å². The number of carboxylic acid groups (broad SMARTS) is 1. The first-order chi connectivity index (χ1) is 17.2. The molecule has 2 heterocycles. The number of fused-ring (bicyclic) bond motifs is 1. The van der Waals surface area contributed by atoms with Gasteiger partial charge in [0.15, 0.2) is 0 Å². The molecule has 10 heteroatoms. The molecule has 0 fully saturated rings. The summed E-state index contributed by atoms with van der Waals surface area (Å²) in [5.41, 5.74) is 2.20. The van der Waals surface area contributed by atoms with Gasteiger partial charge in [0.05, 0.1) is 10.6 Å². The third-order valence-electron chi connectivity index (χ3n) is 5.95. The fourth-order valence-corrected chi connectivity index (χ4v) is 5.74. The van der Waals surface area contributed by atoms with E-state index in [1.165, 1.54) is 36.4 Å². The molecule has 1 atom stereocenters. The predicted molar refractivity (Wildman–Crippen MR) is 129 cm³/mol. The molecule has 1 aliphatic heterocycles. The smallest absolute Gasteiger partial charge is 0.327 e. The summed E-state index contributed by atoms with van der Waals surface area (Å²) in [6, 6.07) is 17.1. The van der Waals surface area contributed by atoms with E-state index in [4.69, 9.17) is 9.15 Å². The number of aryl methyl sites for hydroxylation is 1. The molecule has 36 heavy (non-hydrogen) atoms. The summed E-state index contributed by atoms with van der Waals surface area (Å²) < 4.78 is 52.3. The van der Waals surface area contributed by atoms with Gasteiger partial charge in [-0.3, -0.25) is 4.31 Å². The third-order valence-corrected chi connectivity index (χ3v) is 7.79. The highest BCUT2D eigenvalue weighted by Gasteiger charge is 2.42. The summed E-state index contributed by atoms with van der Waals surface area (Å²) in [6.45, 7) is 1.81. The van der Waals surface area contributed by atoms with E-state index < -0.39 is 22.0 Å². The van der Waals surface area contributed by atoms with Crippen LogP contribution in [-0.4, -0.2) is 30.5 Å². The number of oxazole rings is 1. The van der Waals surface area contributed by atoms with Crippen molar-refractivity contribution in [1.29, 1.82) is 0 Å². The lowest BCUT2D eigenvalue weighted by molar-refractivity contribution is -0.138. The van der Waals surface area contributed by atoms with E-state index in [-0.39, 0.29) is 23.7 Å². The van der Waals surface area contributed by atoms with Crippen LogP contribution in [0.25, 0.3) is 11.5 Å². The van der Waals surface area contributed by atoms with Crippen molar-refractivity contribution in [2.45, 2.75) is 30.9 Å². The van der Waals surface area contributed by atoms with Crippen molar-refractivity contribution in [2.75, 3.05) is 4.31 Å². The summed E-state index contributed by atoms with van der Waals surface area (Å²) in [5, 5.41) is 9.64. The molecule has 0 amide bonds. The molecule has 0 spiro atoms. The molecular formula is C26H21FN2O6S. The third kappa shape index (κ3) is 4.31. The van der Waals surface area contributed by atoms with Crippen LogP contribution in [0.3, 0.4) is 0 Å². The normalized spacial score (nSPS) is 15.1. The lowest BCUT2D eigenvalue weighted by Gasteiger charge is -2.24. The highest BCUT2D eigenvalue weighted by molar-refractivity contribution is 7.93. The lowest BCUT2D eigenvalue weighted by Crippen LogP contribution is -2.42. The van der Waals surface area contributed by atoms with E-state index in [1.54, 1.807) is 43.3 Å². The maximum absolute atomic E-state index is 13.4. The van der Waals surface area contributed by atoms with Crippen LogP contribution in [0.4, 0.5) is 10.1 Å². The minimum absolute atomic E-state index is 0.0472. The Hall–Kier alpha value is -4.18. The molecule has 0 radical (unpaired) electrons. The summed E-state index contributed by atoms with van der Waals surface area (Å²) >= 11 is 0. The molecule has 184 valence electrons. The van der Waals surface area contributed by atoms with Crippen molar-refractivity contribution < 1.29 is 31.9 Å². The molecule has 1 N–H and O–H groups in total. The van der Waals surface area contributed by atoms with Crippen molar-refractivity contribution in [3.05, 3.63) is 95.6 Å². The number of sulfonamides is 1. The van der Waals surface area contributed by atoms with Gasteiger partial charge in [-0.1, -0.05) is 18.2 Å². The SMILES string of the molecule is Cc1oc(-c2ccc(F)cc2)nc1COc1ccc(S(=O)(=O)N2c3ccccc3C[C@@H]2C(=O)O)cc1. The van der Waals surface area contributed by atoms with Gasteiger partial charge in [0.2, 0.25) is 5.89 Å². The van der Waals surface area contributed by atoms with E-state index in [1.807, 2.05) is 0 Å². The number of aromatic nitrogens is 1. The summed E-state index contributed by atoms with van der Waals surface area (Å²) in [6.07, 6.45) is 0.100. The number of rotatable bonds is 7. The molecule has 5 rings (SSSR count). The molecule has 1 aliphatic rings. The Morgan fingerprint density at radius 1 is 1.11 bits per heavy atom. The number of aliphatic carboxylic acids is 1. The number of ether oxygens (including phenoxy) is 1. The molecule has 3 aromatic carbocycles. The second-order valence-corrected chi connectivity index (χ2v) is 10.1. The van der Waals surface area contributed by atoms with Crippen LogP contribution in [0.5, 0.6) is 5.75 Å². The number of para-hydroxylation sites is 1. The standard InChI is InChI=1S/C26H21FN2O6S/c1-16-22(28-25(35-16)17-6-8-19(27)9-7-17)15-34-20-10-12-21(13-11-20)36(32,33)29-23-5-3-2-4-18(23)14-24(29)26(30)31/h2-13,24H,14-15H2,1H3,(H,30,31)/t24-/m1/s1. The lowest BCUT2D eigenvalue weighted by atomic mass is 10.1. The van der Waals surface area contributed by atoms with Crippen LogP contribution in [0, 0.1) is 12.7 Å². The van der Waals surface area contributed by atoms with Crippen molar-refractivity contribution in [1.82, 2.24) is 4.98 Å². The number of nitrogens with zero attached hydrogens (tertiary/aromatic N) is 2. The number of benzene rings is 3. The Bertz CT molecular complexity index is 1530. The fourth-order valence-electron chi connectivity index (χ4n) is 4.09. The number of halogens is 1. The molecule has 0 unspecified atom stereocenters. The molecule has 0 saturated heterocycles. The second kappa shape index (κ2) is 9.12. The molecular weight excluding hydrogens is 487 g/mol. The molecule has 4 aromatic rings. The van der Waals surface area contributed by atoms with Gasteiger partial charge in [-0.2, -0.15) is 0 Å². The number of carboxylic acids is 1. The van der Waals surface area contributed by atoms with Crippen LogP contribution in [-0.2, 0) is 27.8 Å². The Labute approximate surface area is 206 Å². The predicted octanol–water partition coefficient (Wildman–Crippen LogP) is 4.57. The van der Waals surface area contributed by atoms with Crippen LogP contribution in [0.2, 0.25) is 0 Å². The highest BCUT2D eigenvalue weighted by atomic mass is 32.2. The van der Waals surface area contributed by atoms with Crippen molar-refractivity contribution >= 4 is 21.7 Å². The van der Waals surface area contributed by atoms with Crippen LogP contribution in [0.1, 0.15) is 17.0 Å². The monoisotopic (exact) mass is 508 g/mol. The molecule has 0 saturated carbocycles. The topological polar surface area (TPSA) is 110 Å². The largest absolute Gasteiger partial charge is 0.487 e. The first-order valence-electron chi connectivity index (χ1n) is 11.0. The zero-order chi connectivity index (χ0) is 25.4. The maximum atomic E-state index is 13.4. The zero-order valence-electron chi connectivity index (χ0n) is 19.1. The minimum Gasteiger partial charge on any atom is -0.487 e. The van der Waals surface area contributed by atoms with E-state index in [2.05, 4.69) is 4.98 Å². The quantitative estimate of drug-likeness (QED) is 0.389. The number of anilines is 1. The Morgan fingerprint density at radius 3 is 2.50 bits per heavy atom. The van der Waals surface area contributed by atoms with Gasteiger partial charge < -0.3 is 14.3 Å². The Balaban J connectivity index is 1.33. The van der Waals surface area contributed by atoms with Gasteiger partial charge in [0, 0.05) is 12.0 Å². The number of hydrogen-bond donors (Lipinski definition) is 1. The fraction of sp³-hybridized carbons (Fsp3) is 0.154. The van der Waals surface area contributed by atoms with Crippen LogP contribution in [0.15, 0.2) is 82.1 Å². The van der Waals surface area contributed by atoms with Crippen molar-refractivity contribution in [2.24, 2.45) is 0 Å². The van der Waals surface area contributed by atoms with Crippen molar-refractivity contribution in [3.8, 4) is 17.2 Å². The summed E-state index contributed by atoms with van der Waals surface area (Å²) in [5.74, 6) is -0.287. The average molecular weight is 509 g/mol. The van der Waals surface area contributed by atoms with E-state index >= 15 is 0 Å². The van der Waals surface area contributed by atoms with Gasteiger partial charge in [0.1, 0.15) is 35.7 Å². The van der Waals surface area contributed by atoms with E-state index in [0.29, 0.717) is 39.9 Å².